The topological polar surface area (TPSA) is 9.86 Å². The lowest BCUT2D eigenvalue weighted by atomic mass is 9.95. The minimum absolute atomic E-state index is 1.02. The molecule has 0 aliphatic heterocycles. The normalized spacial score (nSPS) is 15.2. The van der Waals surface area contributed by atoms with Gasteiger partial charge in [-0.3, -0.25) is 0 Å². The van der Waals surface area contributed by atoms with E-state index in [9.17, 15) is 0 Å². The Morgan fingerprint density at radius 1 is 0.526 bits per heavy atom. The average Bonchev–Trinajstić information content (AvgIpc) is 3.51. The first-order valence-electron chi connectivity index (χ1n) is 13.6. The summed E-state index contributed by atoms with van der Waals surface area (Å²) in [5.41, 5.74) is 12.0. The predicted molar refractivity (Wildman–Crippen MR) is 162 cm³/mol. The Morgan fingerprint density at radius 3 is 1.82 bits per heavy atom. The van der Waals surface area contributed by atoms with Crippen LogP contribution < -0.4 is 0 Å². The van der Waals surface area contributed by atoms with Gasteiger partial charge in [0.2, 0.25) is 0 Å². The van der Waals surface area contributed by atoms with Gasteiger partial charge in [-0.15, -0.1) is 0 Å². The van der Waals surface area contributed by atoms with E-state index in [1.165, 1.54) is 66.5 Å². The van der Waals surface area contributed by atoms with Crippen molar-refractivity contribution in [3.8, 4) is 5.69 Å². The lowest BCUT2D eigenvalue weighted by Gasteiger charge is -2.18. The summed E-state index contributed by atoms with van der Waals surface area (Å²) in [6.45, 7) is 0. The van der Waals surface area contributed by atoms with Crippen LogP contribution in [0.5, 0.6) is 0 Å². The van der Waals surface area contributed by atoms with Gasteiger partial charge in [-0.05, 0) is 84.9 Å². The number of rotatable bonds is 3. The molecule has 182 valence electrons. The van der Waals surface area contributed by atoms with Crippen LogP contribution in [-0.4, -0.2) is 9.13 Å². The van der Waals surface area contributed by atoms with Crippen LogP contribution in [0.15, 0.2) is 115 Å². The van der Waals surface area contributed by atoms with E-state index < -0.39 is 0 Å². The molecule has 2 heterocycles. The number of aromatic nitrogens is 2. The number of para-hydroxylation sites is 3. The first kappa shape index (κ1) is 21.5. The third kappa shape index (κ3) is 3.20. The van der Waals surface area contributed by atoms with Crippen LogP contribution in [0.2, 0.25) is 0 Å². The molecule has 0 spiro atoms. The Hall–Kier alpha value is -4.56. The standard InChI is InChI=1S/C36H28N2/c1-5-13-33-29(9-1)30-10-2-6-14-34(30)37(33)27-21-17-25(18-22-27)26-19-23-28(24-20-26)38-35-15-7-3-11-31(35)32-12-4-8-16-36(32)38/h1-3,5-11,13-17,19-21,23-24H,4,12,18,22H2. The van der Waals surface area contributed by atoms with Gasteiger partial charge in [0.05, 0.1) is 16.6 Å². The number of allylic oxidation sites excluding steroid dienone is 5. The van der Waals surface area contributed by atoms with Crippen molar-refractivity contribution in [3.63, 3.8) is 0 Å². The summed E-state index contributed by atoms with van der Waals surface area (Å²) in [4.78, 5) is 0. The van der Waals surface area contributed by atoms with Crippen molar-refractivity contribution in [1.82, 2.24) is 9.13 Å². The molecule has 2 nitrogen and oxygen atoms in total. The second-order valence-electron chi connectivity index (χ2n) is 10.4. The van der Waals surface area contributed by atoms with Crippen molar-refractivity contribution in [1.29, 1.82) is 0 Å². The number of nitrogens with zero attached hydrogens (tertiary/aromatic N) is 2. The zero-order chi connectivity index (χ0) is 25.1. The van der Waals surface area contributed by atoms with Crippen LogP contribution >= 0.6 is 0 Å². The highest BCUT2D eigenvalue weighted by Crippen LogP contribution is 2.37. The fourth-order valence-electron chi connectivity index (χ4n) is 6.57. The summed E-state index contributed by atoms with van der Waals surface area (Å²) in [6, 6.07) is 35.5. The van der Waals surface area contributed by atoms with Gasteiger partial charge in [-0.25, -0.2) is 0 Å². The Morgan fingerprint density at radius 2 is 1.16 bits per heavy atom. The van der Waals surface area contributed by atoms with Crippen LogP contribution in [0.1, 0.15) is 36.1 Å². The zero-order valence-corrected chi connectivity index (χ0v) is 21.3. The fourth-order valence-corrected chi connectivity index (χ4v) is 6.57. The minimum atomic E-state index is 1.02. The van der Waals surface area contributed by atoms with Gasteiger partial charge in [0, 0.05) is 33.2 Å². The summed E-state index contributed by atoms with van der Waals surface area (Å²) < 4.78 is 4.88. The molecule has 0 radical (unpaired) electrons. The van der Waals surface area contributed by atoms with Crippen LogP contribution in [0.4, 0.5) is 0 Å². The number of hydrogen-bond donors (Lipinski definition) is 0. The van der Waals surface area contributed by atoms with Crippen molar-refractivity contribution in [3.05, 3.63) is 132 Å². The Labute approximate surface area is 222 Å². The molecule has 8 rings (SSSR count). The molecule has 2 heteroatoms. The molecule has 0 amide bonds. The summed E-state index contributed by atoms with van der Waals surface area (Å²) >= 11 is 0. The highest BCUT2D eigenvalue weighted by Gasteiger charge is 2.19. The van der Waals surface area contributed by atoms with E-state index in [-0.39, 0.29) is 0 Å². The molecule has 2 aromatic heterocycles. The predicted octanol–water partition coefficient (Wildman–Crippen LogP) is 9.42. The molecule has 4 aromatic carbocycles. The molecule has 2 aliphatic rings. The van der Waals surface area contributed by atoms with E-state index in [0.29, 0.717) is 0 Å². The summed E-state index contributed by atoms with van der Waals surface area (Å²) in [6.07, 6.45) is 13.6. The van der Waals surface area contributed by atoms with Crippen molar-refractivity contribution in [2.24, 2.45) is 0 Å². The van der Waals surface area contributed by atoms with Gasteiger partial charge in [0.1, 0.15) is 0 Å². The van der Waals surface area contributed by atoms with E-state index in [2.05, 4.69) is 131 Å². The van der Waals surface area contributed by atoms with Gasteiger partial charge in [0.25, 0.3) is 0 Å². The maximum absolute atomic E-state index is 2.45. The van der Waals surface area contributed by atoms with E-state index in [0.717, 1.165) is 25.7 Å². The highest BCUT2D eigenvalue weighted by atomic mass is 15.0. The maximum Gasteiger partial charge on any atom is 0.0537 e. The Bertz CT molecular complexity index is 1900. The quantitative estimate of drug-likeness (QED) is 0.235. The van der Waals surface area contributed by atoms with Crippen LogP contribution in [-0.2, 0) is 6.42 Å². The minimum Gasteiger partial charge on any atom is -0.313 e. The van der Waals surface area contributed by atoms with E-state index in [1.807, 2.05) is 0 Å². The van der Waals surface area contributed by atoms with Crippen molar-refractivity contribution >= 4 is 50.1 Å². The number of fused-ring (bicyclic) bond motifs is 6. The van der Waals surface area contributed by atoms with E-state index in [1.54, 1.807) is 0 Å². The molecule has 0 unspecified atom stereocenters. The number of benzene rings is 4. The molecule has 0 saturated carbocycles. The van der Waals surface area contributed by atoms with E-state index in [4.69, 9.17) is 0 Å². The lowest BCUT2D eigenvalue weighted by molar-refractivity contribution is 0.967. The van der Waals surface area contributed by atoms with Gasteiger partial charge in [-0.1, -0.05) is 78.9 Å². The summed E-state index contributed by atoms with van der Waals surface area (Å²) in [5.74, 6) is 0. The molecule has 38 heavy (non-hydrogen) atoms. The van der Waals surface area contributed by atoms with Gasteiger partial charge < -0.3 is 9.13 Å². The van der Waals surface area contributed by atoms with Gasteiger partial charge in [-0.2, -0.15) is 0 Å². The molecule has 0 fully saturated rings. The second-order valence-corrected chi connectivity index (χ2v) is 10.4. The Kier molecular flexibility index (Phi) is 4.81. The molecule has 0 N–H and O–H groups in total. The number of aryl methyl sites for hydroxylation is 1. The SMILES string of the molecule is C1=Cc2c(c3ccccc3n2-c2ccc(C3=CC=C(n4c5ccccc5c5ccccc54)CC3)cc2)CC1. The first-order chi connectivity index (χ1) is 18.9. The van der Waals surface area contributed by atoms with E-state index >= 15 is 0 Å². The summed E-state index contributed by atoms with van der Waals surface area (Å²) in [5, 5.41) is 4.03. The van der Waals surface area contributed by atoms with Gasteiger partial charge >= 0.3 is 0 Å². The third-order valence-corrected chi connectivity index (χ3v) is 8.35. The molecule has 0 bridgehead atoms. The zero-order valence-electron chi connectivity index (χ0n) is 21.3. The molecule has 0 atom stereocenters. The highest BCUT2D eigenvalue weighted by molar-refractivity contribution is 6.10. The maximum atomic E-state index is 2.45. The number of hydrogen-bond acceptors (Lipinski definition) is 0. The van der Waals surface area contributed by atoms with Gasteiger partial charge in [0.15, 0.2) is 0 Å². The van der Waals surface area contributed by atoms with Crippen LogP contribution in [0.3, 0.4) is 0 Å². The monoisotopic (exact) mass is 488 g/mol. The molecular formula is C36H28N2. The van der Waals surface area contributed by atoms with Crippen molar-refractivity contribution < 1.29 is 0 Å². The Balaban J connectivity index is 1.17. The van der Waals surface area contributed by atoms with Crippen molar-refractivity contribution in [2.45, 2.75) is 25.7 Å². The average molecular weight is 489 g/mol. The molecular weight excluding hydrogens is 460 g/mol. The smallest absolute Gasteiger partial charge is 0.0537 e. The molecule has 2 aliphatic carbocycles. The van der Waals surface area contributed by atoms with Crippen molar-refractivity contribution in [2.75, 3.05) is 0 Å². The lowest BCUT2D eigenvalue weighted by Crippen LogP contribution is -2.02. The second kappa shape index (κ2) is 8.49. The molecule has 0 saturated heterocycles. The largest absolute Gasteiger partial charge is 0.313 e. The van der Waals surface area contributed by atoms with Crippen LogP contribution in [0, 0.1) is 0 Å². The summed E-state index contributed by atoms with van der Waals surface area (Å²) in [7, 11) is 0. The third-order valence-electron chi connectivity index (χ3n) is 8.35. The fraction of sp³-hybridized carbons (Fsp3) is 0.111. The first-order valence-corrected chi connectivity index (χ1v) is 13.6. The van der Waals surface area contributed by atoms with Crippen LogP contribution in [0.25, 0.3) is 55.7 Å². The molecule has 6 aromatic rings.